The molecule has 20 atom stereocenters. The van der Waals surface area contributed by atoms with E-state index in [0.29, 0.717) is 70.8 Å². The van der Waals surface area contributed by atoms with Crippen LogP contribution >= 0.6 is 0 Å². The maximum absolute atomic E-state index is 13.3. The molecule has 4 aliphatic heterocycles. The smallest absolute Gasteiger partial charge is 0.220 e. The lowest BCUT2D eigenvalue weighted by molar-refractivity contribution is -0.366. The zero-order valence-electron chi connectivity index (χ0n) is 51.2. The molecule has 4 heterocycles. The molecule has 4 fully saturated rings. The van der Waals surface area contributed by atoms with Gasteiger partial charge in [0.25, 0.3) is 0 Å². The molecular formula is C58H102N4O27. The fraction of sp³-hybridized carbons (Fsp3) is 0.897. The molecule has 0 aromatic carbocycles. The summed E-state index contributed by atoms with van der Waals surface area (Å²) in [7, 11) is 0. The Morgan fingerprint density at radius 3 is 1.19 bits per heavy atom. The molecule has 0 saturated carbocycles. The molecule has 0 aliphatic carbocycles. The van der Waals surface area contributed by atoms with Crippen LogP contribution in [0.15, 0.2) is 0 Å². The SMILES string of the molecule is CCNC(=O)CCCCCCCC(=O)CN(CC(=O)CCCCCCC(=O)NCCO[C@@H]1O[C@@H](C)[C@@H](O)[C@@H](O)[C@@H]1O)CC(=O)CCCCCCC(=O)NCCO[C@H]1O[C@H](CO[C@H]2O[C@H](CO)[C@@H](O)[C@H](O)[C@@H]2O)[C@@H](O)[C@H](O[C@H]2O[C@H](CO)[C@@H](O)[C@H](O)[C@@H]2O)[C@@H]1O. The van der Waals surface area contributed by atoms with Crippen LogP contribution in [0.4, 0.5) is 0 Å². The predicted octanol–water partition coefficient (Wildman–Crippen LogP) is -4.91. The van der Waals surface area contributed by atoms with E-state index in [2.05, 4.69) is 16.0 Å². The van der Waals surface area contributed by atoms with Gasteiger partial charge in [-0.15, -0.1) is 0 Å². The molecule has 31 nitrogen and oxygen atoms in total. The quantitative estimate of drug-likeness (QED) is 0.0254. The fourth-order valence-corrected chi connectivity index (χ4v) is 10.6. The first-order valence-electron chi connectivity index (χ1n) is 31.4. The third kappa shape index (κ3) is 26.8. The number of aliphatic hydroxyl groups excluding tert-OH is 13. The van der Waals surface area contributed by atoms with Crippen molar-refractivity contribution in [3.63, 3.8) is 0 Å². The second kappa shape index (κ2) is 42.0. The van der Waals surface area contributed by atoms with Crippen molar-refractivity contribution in [2.45, 2.75) is 259 Å². The zero-order valence-corrected chi connectivity index (χ0v) is 51.2. The number of carbonyl (C=O) groups excluding carboxylic acids is 6. The number of unbranched alkanes of at least 4 members (excludes halogenated alkanes) is 10. The van der Waals surface area contributed by atoms with E-state index < -0.39 is 143 Å². The monoisotopic (exact) mass is 1290 g/mol. The summed E-state index contributed by atoms with van der Waals surface area (Å²) >= 11 is 0. The van der Waals surface area contributed by atoms with Gasteiger partial charge in [-0.2, -0.15) is 0 Å². The normalized spacial score (nSPS) is 32.4. The Hall–Kier alpha value is -3.46. The molecule has 516 valence electrons. The summed E-state index contributed by atoms with van der Waals surface area (Å²) in [5.74, 6) is -0.901. The number of ketones is 3. The van der Waals surface area contributed by atoms with Crippen molar-refractivity contribution >= 4 is 35.1 Å². The first-order valence-corrected chi connectivity index (χ1v) is 31.4. The topological polar surface area (TPSA) is 479 Å². The van der Waals surface area contributed by atoms with Crippen molar-refractivity contribution in [1.29, 1.82) is 0 Å². The van der Waals surface area contributed by atoms with Gasteiger partial charge in [0.05, 0.1) is 58.8 Å². The van der Waals surface area contributed by atoms with E-state index in [-0.39, 0.29) is 113 Å². The largest absolute Gasteiger partial charge is 0.394 e. The minimum absolute atomic E-state index is 0.00672. The Morgan fingerprint density at radius 2 is 0.753 bits per heavy atom. The predicted molar refractivity (Wildman–Crippen MR) is 307 cm³/mol. The second-order valence-corrected chi connectivity index (χ2v) is 23.3. The summed E-state index contributed by atoms with van der Waals surface area (Å²) in [6.45, 7) is 1.29. The highest BCUT2D eigenvalue weighted by Crippen LogP contribution is 2.31. The molecule has 0 spiro atoms. The Labute approximate surface area is 518 Å². The molecule has 31 heteroatoms. The molecule has 0 aromatic rings. The van der Waals surface area contributed by atoms with Crippen LogP contribution < -0.4 is 16.0 Å². The summed E-state index contributed by atoms with van der Waals surface area (Å²) in [5.41, 5.74) is 0. The lowest BCUT2D eigenvalue weighted by Crippen LogP contribution is -2.65. The van der Waals surface area contributed by atoms with Gasteiger partial charge < -0.3 is 120 Å². The second-order valence-electron chi connectivity index (χ2n) is 23.3. The van der Waals surface area contributed by atoms with Gasteiger partial charge in [0.2, 0.25) is 17.7 Å². The highest BCUT2D eigenvalue weighted by molar-refractivity contribution is 5.86. The number of Topliss-reactive ketones (excluding diaryl/α,β-unsaturated/α-hetero) is 3. The molecule has 16 N–H and O–H groups in total. The summed E-state index contributed by atoms with van der Waals surface area (Å²) in [6, 6.07) is 0. The van der Waals surface area contributed by atoms with E-state index in [1.807, 2.05) is 6.92 Å². The number of nitrogens with one attached hydrogen (secondary N) is 3. The molecule has 4 rings (SSSR count). The lowest BCUT2D eigenvalue weighted by atomic mass is 9.96. The Kier molecular flexibility index (Phi) is 36.8. The van der Waals surface area contributed by atoms with Crippen LogP contribution in [0.25, 0.3) is 0 Å². The summed E-state index contributed by atoms with van der Waals surface area (Å²) in [6.07, 6.45) is -21.7. The number of ether oxygens (including phenoxy) is 8. The molecule has 0 aromatic heterocycles. The van der Waals surface area contributed by atoms with Gasteiger partial charge in [0, 0.05) is 58.2 Å². The molecule has 4 aliphatic rings. The van der Waals surface area contributed by atoms with E-state index in [4.69, 9.17) is 37.9 Å². The number of aliphatic hydroxyl groups is 13. The van der Waals surface area contributed by atoms with Crippen LogP contribution in [-0.4, -0.2) is 301 Å². The highest BCUT2D eigenvalue weighted by atomic mass is 16.8. The van der Waals surface area contributed by atoms with Gasteiger partial charge in [0.1, 0.15) is 109 Å². The van der Waals surface area contributed by atoms with Crippen LogP contribution in [0.1, 0.15) is 136 Å². The number of hydrogen-bond acceptors (Lipinski definition) is 28. The number of carbonyl (C=O) groups is 6. The van der Waals surface area contributed by atoms with Gasteiger partial charge in [-0.1, -0.05) is 44.9 Å². The first-order chi connectivity index (χ1) is 42.5. The Morgan fingerprint density at radius 1 is 0.393 bits per heavy atom. The van der Waals surface area contributed by atoms with Gasteiger partial charge in [-0.25, -0.2) is 0 Å². The minimum Gasteiger partial charge on any atom is -0.394 e. The van der Waals surface area contributed by atoms with Crippen LogP contribution in [0.3, 0.4) is 0 Å². The molecule has 3 amide bonds. The highest BCUT2D eigenvalue weighted by Gasteiger charge is 2.52. The summed E-state index contributed by atoms with van der Waals surface area (Å²) in [4.78, 5) is 78.1. The van der Waals surface area contributed by atoms with Gasteiger partial charge in [0.15, 0.2) is 25.2 Å². The Bertz CT molecular complexity index is 2070. The average Bonchev–Trinajstić information content (AvgIpc) is 1.47. The number of nitrogens with zero attached hydrogens (tertiary/aromatic N) is 1. The third-order valence-corrected chi connectivity index (χ3v) is 15.9. The average molecular weight is 1290 g/mol. The van der Waals surface area contributed by atoms with E-state index in [1.54, 1.807) is 4.90 Å². The van der Waals surface area contributed by atoms with E-state index in [9.17, 15) is 95.2 Å². The molecule has 0 unspecified atom stereocenters. The molecule has 4 saturated heterocycles. The van der Waals surface area contributed by atoms with Gasteiger partial charge >= 0.3 is 0 Å². The van der Waals surface area contributed by atoms with Crippen LogP contribution in [0.5, 0.6) is 0 Å². The minimum atomic E-state index is -1.94. The van der Waals surface area contributed by atoms with Crippen molar-refractivity contribution in [2.24, 2.45) is 0 Å². The summed E-state index contributed by atoms with van der Waals surface area (Å²) < 4.78 is 44.4. The van der Waals surface area contributed by atoms with Crippen molar-refractivity contribution in [3.05, 3.63) is 0 Å². The van der Waals surface area contributed by atoms with Crippen LogP contribution in [-0.2, 0) is 66.7 Å². The maximum Gasteiger partial charge on any atom is 0.220 e. The lowest BCUT2D eigenvalue weighted by Gasteiger charge is -2.46. The number of amides is 3. The van der Waals surface area contributed by atoms with Crippen molar-refractivity contribution < 1.29 is 133 Å². The fourth-order valence-electron chi connectivity index (χ4n) is 10.6. The standard InChI is InChI=1S/C58H102N4O27/c1-3-59-40(68)20-14-6-4-5-11-17-34(65)27-62(28-35(66)18-12-7-9-15-21-41(69)60-23-25-82-55-50(78)47(75)43(71)33(2)85-55)29-36(67)19-13-8-10-16-22-42(70)61-24-26-83-57-53(81)54(89-58-52(80)49(77)45(73)38(31-64)87-58)46(74)39(88-57)32-84-56-51(79)48(76)44(72)37(30-63)86-56/h33,37-39,43-58,63-64,71-81H,3-32H2,1-2H3,(H,59,68)(H,60,69)(H,61,70)/t33-,37+,38+,39+,43+,44+,45+,46+,47+,48-,49-,50-,51-,52-,53-,54-,55+,56-,57-,58+/m0/s1. The van der Waals surface area contributed by atoms with Gasteiger partial charge in [-0.05, 0) is 52.4 Å². The van der Waals surface area contributed by atoms with Crippen molar-refractivity contribution in [3.8, 4) is 0 Å². The molecular weight excluding hydrogens is 1180 g/mol. The van der Waals surface area contributed by atoms with Crippen LogP contribution in [0.2, 0.25) is 0 Å². The first kappa shape index (κ1) is 78.0. The van der Waals surface area contributed by atoms with Crippen molar-refractivity contribution in [1.82, 2.24) is 20.9 Å². The van der Waals surface area contributed by atoms with Crippen molar-refractivity contribution in [2.75, 3.05) is 72.3 Å². The maximum atomic E-state index is 13.3. The number of hydrogen-bond donors (Lipinski definition) is 16. The molecule has 0 radical (unpaired) electrons. The van der Waals surface area contributed by atoms with Gasteiger partial charge in [-0.3, -0.25) is 33.7 Å². The van der Waals surface area contributed by atoms with E-state index in [1.165, 1.54) is 6.92 Å². The van der Waals surface area contributed by atoms with Crippen LogP contribution in [0, 0.1) is 0 Å². The van der Waals surface area contributed by atoms with E-state index >= 15 is 0 Å². The molecule has 89 heavy (non-hydrogen) atoms. The third-order valence-electron chi connectivity index (χ3n) is 15.9. The van der Waals surface area contributed by atoms with E-state index in [0.717, 1.165) is 25.7 Å². The number of rotatable bonds is 44. The zero-order chi connectivity index (χ0) is 65.6. The molecule has 0 bridgehead atoms. The summed E-state index contributed by atoms with van der Waals surface area (Å²) in [5, 5.41) is 142. The Balaban J connectivity index is 1.17.